The van der Waals surface area contributed by atoms with Gasteiger partial charge in [0.15, 0.2) is 16.6 Å². The quantitative estimate of drug-likeness (QED) is 0.280. The molecule has 0 amide bonds. The number of carbonyl (C=O) groups is 1. The highest BCUT2D eigenvalue weighted by molar-refractivity contribution is 6.74. The van der Waals surface area contributed by atoms with E-state index in [1.165, 1.54) is 16.8 Å². The van der Waals surface area contributed by atoms with Crippen molar-refractivity contribution in [3.63, 3.8) is 0 Å². The van der Waals surface area contributed by atoms with Crippen LogP contribution in [0.25, 0.3) is 0 Å². The van der Waals surface area contributed by atoms with E-state index in [2.05, 4.69) is 74.3 Å². The molecule has 1 saturated heterocycles. The average molecular weight is 587 g/mol. The smallest absolute Gasteiger partial charge is 0.340 e. The summed E-state index contributed by atoms with van der Waals surface area (Å²) in [7, 11) is -4.45. The van der Waals surface area contributed by atoms with Crippen LogP contribution in [0.1, 0.15) is 64.5 Å². The Morgan fingerprint density at radius 3 is 2.12 bits per heavy atom. The van der Waals surface area contributed by atoms with Crippen LogP contribution >= 0.6 is 0 Å². The number of benzene rings is 1. The molecule has 10 heteroatoms. The van der Waals surface area contributed by atoms with Crippen molar-refractivity contribution in [3.8, 4) is 0 Å². The van der Waals surface area contributed by atoms with Crippen molar-refractivity contribution in [2.75, 3.05) is 6.61 Å². The van der Waals surface area contributed by atoms with E-state index < -0.39 is 51.7 Å². The van der Waals surface area contributed by atoms with Crippen molar-refractivity contribution in [3.05, 3.63) is 81.7 Å². The first kappa shape index (κ1) is 32.1. The lowest BCUT2D eigenvalue weighted by molar-refractivity contribution is -0.0922. The maximum atomic E-state index is 13.6. The Balaban J connectivity index is 2.07. The van der Waals surface area contributed by atoms with E-state index in [0.717, 1.165) is 0 Å². The highest BCUT2D eigenvalue weighted by Crippen LogP contribution is 2.46. The topological polar surface area (TPSA) is 88.8 Å². The Bertz CT molecular complexity index is 1350. The van der Waals surface area contributed by atoms with Crippen LogP contribution in [0.4, 0.5) is 0 Å². The van der Waals surface area contributed by atoms with Gasteiger partial charge in [-0.2, -0.15) is 4.57 Å². The Hall–Kier alpha value is -2.38. The first-order valence-corrected chi connectivity index (χ1v) is 19.7. The normalized spacial score (nSPS) is 22.4. The molecule has 220 valence electrons. The first-order valence-electron chi connectivity index (χ1n) is 13.8. The van der Waals surface area contributed by atoms with Crippen LogP contribution in [0, 0.1) is 0 Å². The molecule has 1 aromatic carbocycles. The fraction of sp³-hybridized carbons (Fsp3) is 0.567. The lowest BCUT2D eigenvalue weighted by atomic mass is 9.98. The van der Waals surface area contributed by atoms with Gasteiger partial charge in [0.25, 0.3) is 11.5 Å². The third kappa shape index (κ3) is 6.26. The van der Waals surface area contributed by atoms with Crippen LogP contribution in [-0.2, 0) is 13.6 Å². The molecule has 8 nitrogen and oxygen atoms in total. The molecule has 1 aliphatic heterocycles. The molecule has 40 heavy (non-hydrogen) atoms. The number of rotatable bonds is 8. The molecule has 1 aliphatic rings. The van der Waals surface area contributed by atoms with Gasteiger partial charge in [0.1, 0.15) is 11.8 Å². The predicted molar refractivity (Wildman–Crippen MR) is 164 cm³/mol. The summed E-state index contributed by atoms with van der Waals surface area (Å²) in [6.07, 6.45) is 2.21. The summed E-state index contributed by atoms with van der Waals surface area (Å²) >= 11 is 0. The van der Waals surface area contributed by atoms with Gasteiger partial charge in [-0.15, -0.1) is 6.58 Å². The fourth-order valence-corrected chi connectivity index (χ4v) is 6.47. The van der Waals surface area contributed by atoms with E-state index in [-0.39, 0.29) is 22.2 Å². The van der Waals surface area contributed by atoms with Crippen molar-refractivity contribution in [1.82, 2.24) is 9.13 Å². The van der Waals surface area contributed by atoms with E-state index in [1.807, 2.05) is 0 Å². The molecule has 1 fully saturated rings. The molecule has 0 spiro atoms. The second-order valence-electron chi connectivity index (χ2n) is 13.7. The van der Waals surface area contributed by atoms with Gasteiger partial charge in [0.05, 0.1) is 12.7 Å². The van der Waals surface area contributed by atoms with Crippen LogP contribution in [0.5, 0.6) is 0 Å². The Labute approximate surface area is 240 Å². The van der Waals surface area contributed by atoms with Crippen LogP contribution in [0.3, 0.4) is 0 Å². The number of hydrogen-bond donors (Lipinski definition) is 0. The second kappa shape index (κ2) is 11.1. The van der Waals surface area contributed by atoms with Crippen LogP contribution < -0.4 is 11.2 Å². The van der Waals surface area contributed by atoms with Gasteiger partial charge < -0.3 is 13.6 Å². The van der Waals surface area contributed by atoms with E-state index in [4.69, 9.17) is 13.6 Å². The largest absolute Gasteiger partial charge is 0.413 e. The highest BCUT2D eigenvalue weighted by Gasteiger charge is 2.53. The zero-order chi connectivity index (χ0) is 30.3. The molecule has 3 atom stereocenters. The summed E-state index contributed by atoms with van der Waals surface area (Å²) < 4.78 is 22.1. The van der Waals surface area contributed by atoms with E-state index in [1.54, 1.807) is 36.4 Å². The monoisotopic (exact) mass is 586 g/mol. The molecule has 0 radical (unpaired) electrons. The van der Waals surface area contributed by atoms with Crippen LogP contribution in [-0.4, -0.2) is 50.0 Å². The van der Waals surface area contributed by atoms with Gasteiger partial charge in [0, 0.05) is 24.2 Å². The zero-order valence-electron chi connectivity index (χ0n) is 25.7. The molecule has 0 N–H and O–H groups in total. The molecule has 0 saturated carbocycles. The molecule has 0 unspecified atom stereocenters. The SMILES string of the molecule is C=C[C@]1(CO[Si](C)(C)C(C)(C)C)O[C@@H](n2ccc(=O)n(C(=O)c3ccccc3)c2=O)C[C@@H]1O[Si](C)(C)C(C)(C)C. The van der Waals surface area contributed by atoms with E-state index in [0.29, 0.717) is 11.0 Å². The standard InChI is InChI=1S/C30H46N2O6Si2/c1-12-30(21-36-39(8,9)28(2,3)4)23(38-40(10,11)29(5,6)7)20-25(37-30)31-19-18-24(33)32(27(31)35)26(34)22-16-14-13-15-17-22/h12-19,23,25H,1,20-21H2,2-11H3/t23-,25+,30+/m0/s1. The minimum absolute atomic E-state index is 0.0205. The maximum absolute atomic E-state index is 13.6. The van der Waals surface area contributed by atoms with Gasteiger partial charge in [-0.05, 0) is 48.4 Å². The van der Waals surface area contributed by atoms with Crippen molar-refractivity contribution >= 4 is 22.5 Å². The Morgan fingerprint density at radius 1 is 1.02 bits per heavy atom. The first-order chi connectivity index (χ1) is 18.3. The third-order valence-electron chi connectivity index (χ3n) is 8.91. The predicted octanol–water partition coefficient (Wildman–Crippen LogP) is 5.95. The van der Waals surface area contributed by atoms with Gasteiger partial charge in [0.2, 0.25) is 0 Å². The average Bonchev–Trinajstić information content (AvgIpc) is 3.19. The molecular formula is C30H46N2O6Si2. The summed E-state index contributed by atoms with van der Waals surface area (Å²) in [5.74, 6) is -0.687. The van der Waals surface area contributed by atoms with E-state index in [9.17, 15) is 14.4 Å². The van der Waals surface area contributed by atoms with Crippen molar-refractivity contribution in [1.29, 1.82) is 0 Å². The summed E-state index contributed by atoms with van der Waals surface area (Å²) in [4.78, 5) is 39.5. The Morgan fingerprint density at radius 2 is 1.60 bits per heavy atom. The number of hydrogen-bond acceptors (Lipinski definition) is 6. The summed E-state index contributed by atoms with van der Waals surface area (Å²) in [5.41, 5.74) is -2.24. The van der Waals surface area contributed by atoms with Gasteiger partial charge in [-0.25, -0.2) is 4.79 Å². The molecule has 0 bridgehead atoms. The molecule has 1 aromatic heterocycles. The van der Waals surface area contributed by atoms with Gasteiger partial charge in [-0.3, -0.25) is 14.2 Å². The maximum Gasteiger partial charge on any atom is 0.340 e. The molecule has 2 heterocycles. The number of carbonyl (C=O) groups excluding carboxylic acids is 1. The molecule has 0 aliphatic carbocycles. The summed E-state index contributed by atoms with van der Waals surface area (Å²) in [6.45, 7) is 26.1. The van der Waals surface area contributed by atoms with Crippen molar-refractivity contribution in [2.24, 2.45) is 0 Å². The Kier molecular flexibility index (Phi) is 8.94. The van der Waals surface area contributed by atoms with Crippen molar-refractivity contribution < 1.29 is 18.4 Å². The fourth-order valence-electron chi connectivity index (χ4n) is 4.09. The van der Waals surface area contributed by atoms with Crippen LogP contribution in [0.15, 0.2) is 64.8 Å². The molecular weight excluding hydrogens is 541 g/mol. The minimum Gasteiger partial charge on any atom is -0.413 e. The molecule has 2 aromatic rings. The number of ether oxygens (including phenoxy) is 1. The van der Waals surface area contributed by atoms with Crippen LogP contribution in [0.2, 0.25) is 36.3 Å². The lowest BCUT2D eigenvalue weighted by Crippen LogP contribution is -2.54. The van der Waals surface area contributed by atoms with Gasteiger partial charge in [-0.1, -0.05) is 65.8 Å². The minimum atomic E-state index is -2.28. The second-order valence-corrected chi connectivity index (χ2v) is 23.3. The van der Waals surface area contributed by atoms with Gasteiger partial charge >= 0.3 is 5.69 Å². The highest BCUT2D eigenvalue weighted by atomic mass is 28.4. The number of nitrogens with zero attached hydrogens (tertiary/aromatic N) is 2. The molecule has 3 rings (SSSR count). The lowest BCUT2D eigenvalue weighted by Gasteiger charge is -2.44. The number of aromatic nitrogens is 2. The summed E-state index contributed by atoms with van der Waals surface area (Å²) in [6, 6.07) is 9.49. The van der Waals surface area contributed by atoms with Crippen molar-refractivity contribution in [2.45, 2.75) is 102 Å². The van der Waals surface area contributed by atoms with E-state index >= 15 is 0 Å². The third-order valence-corrected chi connectivity index (χ3v) is 17.9. The summed E-state index contributed by atoms with van der Waals surface area (Å²) in [5, 5.41) is -0.0855. The zero-order valence-corrected chi connectivity index (χ0v) is 27.7.